The lowest BCUT2D eigenvalue weighted by Gasteiger charge is -2.15. The van der Waals surface area contributed by atoms with Crippen LogP contribution in [0.3, 0.4) is 0 Å². The zero-order valence-electron chi connectivity index (χ0n) is 12.1. The molecular formula is C14H22N2O3S. The van der Waals surface area contributed by atoms with Crippen molar-refractivity contribution >= 4 is 15.7 Å². The van der Waals surface area contributed by atoms with Crippen molar-refractivity contribution in [2.75, 3.05) is 25.6 Å². The highest BCUT2D eigenvalue weighted by Gasteiger charge is 2.16. The summed E-state index contributed by atoms with van der Waals surface area (Å²) in [6.45, 7) is 2.47. The number of likely N-dealkylation sites (N-methyl/N-ethyl adjacent to an activating group) is 1. The SMILES string of the molecule is CNCCc1ccccc1C(=O)NC(C)CS(C)(=O)=O. The summed E-state index contributed by atoms with van der Waals surface area (Å²) in [6.07, 6.45) is 1.91. The molecule has 1 rings (SSSR count). The molecule has 6 heteroatoms. The number of sulfone groups is 1. The summed E-state index contributed by atoms with van der Waals surface area (Å²) in [7, 11) is -1.24. The Balaban J connectivity index is 2.77. The van der Waals surface area contributed by atoms with Gasteiger partial charge in [0.15, 0.2) is 0 Å². The molecule has 0 spiro atoms. The Morgan fingerprint density at radius 1 is 1.30 bits per heavy atom. The highest BCUT2D eigenvalue weighted by atomic mass is 32.2. The lowest BCUT2D eigenvalue weighted by Crippen LogP contribution is -2.37. The molecule has 0 saturated carbocycles. The molecule has 0 fully saturated rings. The van der Waals surface area contributed by atoms with Crippen LogP contribution in [0.15, 0.2) is 24.3 Å². The molecule has 0 radical (unpaired) electrons. The van der Waals surface area contributed by atoms with Crippen molar-refractivity contribution in [1.29, 1.82) is 0 Å². The first-order chi connectivity index (χ1) is 9.33. The second-order valence-corrected chi connectivity index (χ2v) is 7.16. The van der Waals surface area contributed by atoms with Crippen LogP contribution in [0.4, 0.5) is 0 Å². The van der Waals surface area contributed by atoms with Crippen molar-refractivity contribution in [3.63, 3.8) is 0 Å². The largest absolute Gasteiger partial charge is 0.349 e. The van der Waals surface area contributed by atoms with Crippen molar-refractivity contribution in [3.05, 3.63) is 35.4 Å². The first kappa shape index (κ1) is 16.7. The van der Waals surface area contributed by atoms with Gasteiger partial charge in [-0.1, -0.05) is 18.2 Å². The third-order valence-electron chi connectivity index (χ3n) is 2.84. The van der Waals surface area contributed by atoms with Crippen molar-refractivity contribution in [3.8, 4) is 0 Å². The van der Waals surface area contributed by atoms with Crippen molar-refractivity contribution in [1.82, 2.24) is 10.6 Å². The number of carbonyl (C=O) groups is 1. The van der Waals surface area contributed by atoms with E-state index in [-0.39, 0.29) is 11.7 Å². The lowest BCUT2D eigenvalue weighted by molar-refractivity contribution is 0.0942. The number of carbonyl (C=O) groups excluding carboxylic acids is 1. The molecule has 0 aliphatic heterocycles. The Kier molecular flexibility index (Phi) is 6.16. The molecule has 0 aliphatic carbocycles. The van der Waals surface area contributed by atoms with Gasteiger partial charge in [-0.25, -0.2) is 8.42 Å². The number of benzene rings is 1. The summed E-state index contributed by atoms with van der Waals surface area (Å²) in [5.74, 6) is -0.287. The zero-order chi connectivity index (χ0) is 15.2. The van der Waals surface area contributed by atoms with Gasteiger partial charge in [-0.05, 0) is 38.6 Å². The van der Waals surface area contributed by atoms with E-state index in [1.807, 2.05) is 19.2 Å². The molecule has 0 bridgehead atoms. The monoisotopic (exact) mass is 298 g/mol. The molecule has 1 unspecified atom stereocenters. The molecule has 0 aliphatic rings. The Labute approximate surface area is 120 Å². The van der Waals surface area contributed by atoms with Crippen LogP contribution in [0.2, 0.25) is 0 Å². The van der Waals surface area contributed by atoms with Crippen LogP contribution in [-0.2, 0) is 16.3 Å². The molecule has 2 N–H and O–H groups in total. The van der Waals surface area contributed by atoms with Gasteiger partial charge >= 0.3 is 0 Å². The van der Waals surface area contributed by atoms with Gasteiger partial charge in [0.1, 0.15) is 9.84 Å². The Morgan fingerprint density at radius 3 is 2.55 bits per heavy atom. The van der Waals surface area contributed by atoms with E-state index in [1.54, 1.807) is 19.1 Å². The predicted molar refractivity (Wildman–Crippen MR) is 80.7 cm³/mol. The molecule has 112 valence electrons. The van der Waals surface area contributed by atoms with Gasteiger partial charge in [0, 0.05) is 17.9 Å². The fourth-order valence-electron chi connectivity index (χ4n) is 2.02. The van der Waals surface area contributed by atoms with Crippen LogP contribution in [0, 0.1) is 0 Å². The van der Waals surface area contributed by atoms with E-state index < -0.39 is 15.9 Å². The summed E-state index contributed by atoms with van der Waals surface area (Å²) in [5, 5.41) is 5.77. The standard InChI is InChI=1S/C14H22N2O3S/c1-11(10-20(3,18)19)16-14(17)13-7-5-4-6-12(13)8-9-15-2/h4-7,11,15H,8-10H2,1-3H3,(H,16,17). The van der Waals surface area contributed by atoms with E-state index in [1.165, 1.54) is 0 Å². The average molecular weight is 298 g/mol. The van der Waals surface area contributed by atoms with Crippen molar-refractivity contribution in [2.45, 2.75) is 19.4 Å². The summed E-state index contributed by atoms with van der Waals surface area (Å²) in [6, 6.07) is 6.96. The minimum Gasteiger partial charge on any atom is -0.349 e. The third kappa shape index (κ3) is 5.71. The van der Waals surface area contributed by atoms with E-state index in [0.29, 0.717) is 5.56 Å². The summed E-state index contributed by atoms with van der Waals surface area (Å²) < 4.78 is 22.4. The molecule has 0 heterocycles. The van der Waals surface area contributed by atoms with E-state index >= 15 is 0 Å². The maximum absolute atomic E-state index is 12.2. The molecule has 1 atom stereocenters. The lowest BCUT2D eigenvalue weighted by atomic mass is 10.0. The van der Waals surface area contributed by atoms with E-state index in [4.69, 9.17) is 0 Å². The molecule has 1 aromatic rings. The maximum atomic E-state index is 12.2. The Bertz CT molecular complexity index is 555. The highest BCUT2D eigenvalue weighted by Crippen LogP contribution is 2.09. The van der Waals surface area contributed by atoms with Gasteiger partial charge in [-0.3, -0.25) is 4.79 Å². The van der Waals surface area contributed by atoms with Crippen LogP contribution in [0.1, 0.15) is 22.8 Å². The predicted octanol–water partition coefficient (Wildman–Crippen LogP) is 0.611. The van der Waals surface area contributed by atoms with Crippen LogP contribution in [-0.4, -0.2) is 46.0 Å². The summed E-state index contributed by atoms with van der Waals surface area (Å²) in [4.78, 5) is 12.2. The molecular weight excluding hydrogens is 276 g/mol. The van der Waals surface area contributed by atoms with Gasteiger partial charge in [0.2, 0.25) is 0 Å². The number of rotatable bonds is 7. The number of nitrogens with one attached hydrogen (secondary N) is 2. The maximum Gasteiger partial charge on any atom is 0.251 e. The summed E-state index contributed by atoms with van der Waals surface area (Å²) in [5.41, 5.74) is 1.55. The first-order valence-electron chi connectivity index (χ1n) is 6.54. The van der Waals surface area contributed by atoms with Crippen LogP contribution in [0.5, 0.6) is 0 Å². The van der Waals surface area contributed by atoms with Gasteiger partial charge < -0.3 is 10.6 Å². The molecule has 1 amide bonds. The smallest absolute Gasteiger partial charge is 0.251 e. The van der Waals surface area contributed by atoms with E-state index in [2.05, 4.69) is 10.6 Å². The summed E-state index contributed by atoms with van der Waals surface area (Å²) >= 11 is 0. The Morgan fingerprint density at radius 2 is 1.95 bits per heavy atom. The zero-order valence-corrected chi connectivity index (χ0v) is 13.0. The highest BCUT2D eigenvalue weighted by molar-refractivity contribution is 7.90. The van der Waals surface area contributed by atoms with Gasteiger partial charge in [-0.15, -0.1) is 0 Å². The molecule has 0 saturated heterocycles. The van der Waals surface area contributed by atoms with Gasteiger partial charge in [0.05, 0.1) is 5.75 Å². The minimum atomic E-state index is -3.10. The van der Waals surface area contributed by atoms with Crippen LogP contribution >= 0.6 is 0 Å². The van der Waals surface area contributed by atoms with Crippen molar-refractivity contribution in [2.24, 2.45) is 0 Å². The molecule has 5 nitrogen and oxygen atoms in total. The second kappa shape index (κ2) is 7.40. The first-order valence-corrected chi connectivity index (χ1v) is 8.60. The quantitative estimate of drug-likeness (QED) is 0.773. The fraction of sp³-hybridized carbons (Fsp3) is 0.500. The average Bonchev–Trinajstić information content (AvgIpc) is 2.34. The number of amides is 1. The number of hydrogen-bond donors (Lipinski definition) is 2. The van der Waals surface area contributed by atoms with Gasteiger partial charge in [-0.2, -0.15) is 0 Å². The molecule has 0 aromatic heterocycles. The van der Waals surface area contributed by atoms with Gasteiger partial charge in [0.25, 0.3) is 5.91 Å². The topological polar surface area (TPSA) is 75.3 Å². The van der Waals surface area contributed by atoms with Crippen molar-refractivity contribution < 1.29 is 13.2 Å². The normalized spacial score (nSPS) is 12.9. The second-order valence-electron chi connectivity index (χ2n) is 4.98. The van der Waals surface area contributed by atoms with E-state index in [9.17, 15) is 13.2 Å². The minimum absolute atomic E-state index is 0.0581. The fourth-order valence-corrected chi connectivity index (χ4v) is 3.01. The molecule has 20 heavy (non-hydrogen) atoms. The Hall–Kier alpha value is -1.40. The molecule has 1 aromatic carbocycles. The third-order valence-corrected chi connectivity index (χ3v) is 3.94. The van der Waals surface area contributed by atoms with Crippen LogP contribution in [0.25, 0.3) is 0 Å². The van der Waals surface area contributed by atoms with Crippen LogP contribution < -0.4 is 10.6 Å². The number of hydrogen-bond acceptors (Lipinski definition) is 4. The van der Waals surface area contributed by atoms with E-state index in [0.717, 1.165) is 24.8 Å².